The van der Waals surface area contributed by atoms with Crippen molar-refractivity contribution < 1.29 is 12.8 Å². The Balaban J connectivity index is 3.09. The number of hydrogen-bond acceptors (Lipinski definition) is 3. The zero-order chi connectivity index (χ0) is 14.6. The minimum absolute atomic E-state index is 0.220. The number of halogens is 1. The molecule has 0 aliphatic rings. The molecule has 0 aliphatic heterocycles. The fraction of sp³-hybridized carbons (Fsp3) is 0.385. The number of aryl methyl sites for hydroxylation is 1. The van der Waals surface area contributed by atoms with Crippen LogP contribution in [0.15, 0.2) is 29.7 Å². The van der Waals surface area contributed by atoms with Gasteiger partial charge in [-0.05, 0) is 37.5 Å². The van der Waals surface area contributed by atoms with E-state index in [-0.39, 0.29) is 16.1 Å². The number of nitrogens with zero attached hydrogens (tertiary/aromatic N) is 1. The first-order valence-electron chi connectivity index (χ1n) is 5.93. The fourth-order valence-electron chi connectivity index (χ4n) is 1.70. The van der Waals surface area contributed by atoms with Crippen LogP contribution in [0.5, 0.6) is 0 Å². The molecule has 4 nitrogen and oxygen atoms in total. The summed E-state index contributed by atoms with van der Waals surface area (Å²) in [4.78, 5) is -0.369. The van der Waals surface area contributed by atoms with Gasteiger partial charge in [-0.1, -0.05) is 6.08 Å². The molecule has 1 aromatic rings. The Kier molecular flexibility index (Phi) is 5.08. The van der Waals surface area contributed by atoms with Crippen LogP contribution >= 0.6 is 0 Å². The van der Waals surface area contributed by atoms with Gasteiger partial charge in [0.05, 0.1) is 0 Å². The second kappa shape index (κ2) is 6.16. The lowest BCUT2D eigenvalue weighted by molar-refractivity contribution is 0.456. The van der Waals surface area contributed by atoms with Crippen molar-refractivity contribution in [3.63, 3.8) is 0 Å². The molecule has 0 spiro atoms. The van der Waals surface area contributed by atoms with E-state index in [1.807, 2.05) is 0 Å². The Bertz CT molecular complexity index is 570. The average molecular weight is 286 g/mol. The zero-order valence-corrected chi connectivity index (χ0v) is 12.0. The van der Waals surface area contributed by atoms with Crippen LogP contribution in [0.2, 0.25) is 0 Å². The lowest BCUT2D eigenvalue weighted by atomic mass is 10.2. The Morgan fingerprint density at radius 2 is 2.11 bits per heavy atom. The number of sulfonamides is 1. The minimum atomic E-state index is -3.85. The number of rotatable bonds is 6. The molecular weight excluding hydrogens is 267 g/mol. The van der Waals surface area contributed by atoms with Crippen LogP contribution in [0.4, 0.5) is 10.1 Å². The van der Waals surface area contributed by atoms with E-state index in [0.29, 0.717) is 19.4 Å². The molecule has 19 heavy (non-hydrogen) atoms. The summed E-state index contributed by atoms with van der Waals surface area (Å²) < 4.78 is 39.6. The highest BCUT2D eigenvalue weighted by Crippen LogP contribution is 2.24. The van der Waals surface area contributed by atoms with Gasteiger partial charge in [0.2, 0.25) is 10.0 Å². The number of nitrogens with two attached hydrogens (primary N) is 1. The Morgan fingerprint density at radius 3 is 2.68 bits per heavy atom. The maximum atomic E-state index is 13.9. The first kappa shape index (κ1) is 15.7. The van der Waals surface area contributed by atoms with Crippen molar-refractivity contribution >= 4 is 15.7 Å². The standard InChI is InChI=1S/C13H19FN2O2S/c1-4-5-6-7-16(3)19(17,18)12-9-11(15)8-10(2)13(12)14/h4,8-9H,1,5-7,15H2,2-3H3. The molecule has 0 fully saturated rings. The number of benzene rings is 1. The first-order chi connectivity index (χ1) is 8.80. The summed E-state index contributed by atoms with van der Waals surface area (Å²) >= 11 is 0. The van der Waals surface area contributed by atoms with Crippen molar-refractivity contribution in [3.05, 3.63) is 36.2 Å². The van der Waals surface area contributed by atoms with Crippen LogP contribution in [0, 0.1) is 12.7 Å². The van der Waals surface area contributed by atoms with Crippen LogP contribution in [0.3, 0.4) is 0 Å². The van der Waals surface area contributed by atoms with E-state index in [9.17, 15) is 12.8 Å². The molecule has 0 aliphatic carbocycles. The largest absolute Gasteiger partial charge is 0.399 e. The van der Waals surface area contributed by atoms with Crippen molar-refractivity contribution in [2.75, 3.05) is 19.3 Å². The van der Waals surface area contributed by atoms with Gasteiger partial charge in [0, 0.05) is 19.3 Å². The second-order valence-corrected chi connectivity index (χ2v) is 6.42. The van der Waals surface area contributed by atoms with E-state index in [0.717, 1.165) is 10.4 Å². The van der Waals surface area contributed by atoms with Gasteiger partial charge in [-0.15, -0.1) is 6.58 Å². The summed E-state index contributed by atoms with van der Waals surface area (Å²) in [6, 6.07) is 2.56. The summed E-state index contributed by atoms with van der Waals surface area (Å²) in [5.74, 6) is -0.746. The van der Waals surface area contributed by atoms with Crippen molar-refractivity contribution in [1.82, 2.24) is 4.31 Å². The third-order valence-electron chi connectivity index (χ3n) is 2.81. The number of unbranched alkanes of at least 4 members (excludes halogenated alkanes) is 1. The minimum Gasteiger partial charge on any atom is -0.399 e. The highest BCUT2D eigenvalue weighted by molar-refractivity contribution is 7.89. The lowest BCUT2D eigenvalue weighted by Gasteiger charge is -2.18. The smallest absolute Gasteiger partial charge is 0.245 e. The molecule has 106 valence electrons. The highest BCUT2D eigenvalue weighted by atomic mass is 32.2. The Morgan fingerprint density at radius 1 is 1.47 bits per heavy atom. The average Bonchev–Trinajstić information content (AvgIpc) is 2.33. The molecular formula is C13H19FN2O2S. The molecule has 0 unspecified atom stereocenters. The zero-order valence-electron chi connectivity index (χ0n) is 11.2. The third-order valence-corrected chi connectivity index (χ3v) is 4.67. The van der Waals surface area contributed by atoms with Gasteiger partial charge < -0.3 is 5.73 Å². The molecule has 0 saturated carbocycles. The summed E-state index contributed by atoms with van der Waals surface area (Å²) in [6.45, 7) is 5.37. The summed E-state index contributed by atoms with van der Waals surface area (Å²) in [5.41, 5.74) is 6.04. The molecule has 0 radical (unpaired) electrons. The maximum absolute atomic E-state index is 13.9. The Labute approximate surface area is 113 Å². The van der Waals surface area contributed by atoms with E-state index in [4.69, 9.17) is 5.73 Å². The van der Waals surface area contributed by atoms with E-state index in [1.54, 1.807) is 6.08 Å². The number of allylic oxidation sites excluding steroid dienone is 1. The van der Waals surface area contributed by atoms with Gasteiger partial charge in [-0.3, -0.25) is 0 Å². The maximum Gasteiger partial charge on any atom is 0.245 e. The van der Waals surface area contributed by atoms with Crippen LogP contribution < -0.4 is 5.73 Å². The van der Waals surface area contributed by atoms with Gasteiger partial charge in [0.25, 0.3) is 0 Å². The molecule has 0 bridgehead atoms. The fourth-order valence-corrected chi connectivity index (χ4v) is 3.08. The van der Waals surface area contributed by atoms with Crippen LogP contribution in [0.25, 0.3) is 0 Å². The van der Waals surface area contributed by atoms with Gasteiger partial charge in [-0.2, -0.15) is 0 Å². The van der Waals surface area contributed by atoms with Crippen molar-refractivity contribution in [2.45, 2.75) is 24.7 Å². The SMILES string of the molecule is C=CCCCN(C)S(=O)(=O)c1cc(N)cc(C)c1F. The first-order valence-corrected chi connectivity index (χ1v) is 7.37. The quantitative estimate of drug-likeness (QED) is 0.496. The number of hydrogen-bond donors (Lipinski definition) is 1. The topological polar surface area (TPSA) is 63.4 Å². The van der Waals surface area contributed by atoms with Crippen molar-refractivity contribution in [2.24, 2.45) is 0 Å². The molecule has 6 heteroatoms. The molecule has 1 rings (SSSR count). The normalized spacial score (nSPS) is 11.8. The summed E-state index contributed by atoms with van der Waals surface area (Å²) in [5, 5.41) is 0. The van der Waals surface area contributed by atoms with Crippen LogP contribution in [-0.4, -0.2) is 26.3 Å². The third kappa shape index (κ3) is 3.54. The van der Waals surface area contributed by atoms with E-state index < -0.39 is 15.8 Å². The van der Waals surface area contributed by atoms with E-state index in [1.165, 1.54) is 20.0 Å². The van der Waals surface area contributed by atoms with E-state index >= 15 is 0 Å². The van der Waals surface area contributed by atoms with Gasteiger partial charge in [0.15, 0.2) is 0 Å². The predicted octanol–water partition coefficient (Wildman–Crippen LogP) is 2.30. The highest BCUT2D eigenvalue weighted by Gasteiger charge is 2.25. The van der Waals surface area contributed by atoms with Gasteiger partial charge >= 0.3 is 0 Å². The van der Waals surface area contributed by atoms with Crippen LogP contribution in [-0.2, 0) is 10.0 Å². The predicted molar refractivity (Wildman–Crippen MR) is 74.8 cm³/mol. The van der Waals surface area contributed by atoms with Crippen molar-refractivity contribution in [3.8, 4) is 0 Å². The number of anilines is 1. The monoisotopic (exact) mass is 286 g/mol. The van der Waals surface area contributed by atoms with Gasteiger partial charge in [-0.25, -0.2) is 17.1 Å². The number of nitrogen functional groups attached to an aromatic ring is 1. The van der Waals surface area contributed by atoms with Crippen molar-refractivity contribution in [1.29, 1.82) is 0 Å². The molecule has 2 N–H and O–H groups in total. The molecule has 0 aromatic heterocycles. The molecule has 0 heterocycles. The molecule has 0 atom stereocenters. The summed E-state index contributed by atoms with van der Waals surface area (Å²) in [7, 11) is -2.42. The van der Waals surface area contributed by atoms with Crippen LogP contribution in [0.1, 0.15) is 18.4 Å². The molecule has 1 aromatic carbocycles. The Hall–Kier alpha value is -1.40. The molecule has 0 saturated heterocycles. The summed E-state index contributed by atoms with van der Waals surface area (Å²) in [6.07, 6.45) is 3.06. The van der Waals surface area contributed by atoms with E-state index in [2.05, 4.69) is 6.58 Å². The van der Waals surface area contributed by atoms with Gasteiger partial charge in [0.1, 0.15) is 10.7 Å². The molecule has 0 amide bonds. The second-order valence-electron chi connectivity index (χ2n) is 4.41. The lowest BCUT2D eigenvalue weighted by Crippen LogP contribution is -2.29.